The molecule has 1 aromatic rings. The van der Waals surface area contributed by atoms with Crippen LogP contribution in [0.15, 0.2) is 21.5 Å². The fourth-order valence-electron chi connectivity index (χ4n) is 2.35. The van der Waals surface area contributed by atoms with Crippen LogP contribution in [-0.4, -0.2) is 39.6 Å². The Morgan fingerprint density at radius 3 is 2.57 bits per heavy atom. The second-order valence-electron chi connectivity index (χ2n) is 5.01. The van der Waals surface area contributed by atoms with Crippen molar-refractivity contribution in [2.75, 3.05) is 26.2 Å². The van der Waals surface area contributed by atoms with Gasteiger partial charge >= 0.3 is 0 Å². The number of nitrogens with zero attached hydrogens (tertiary/aromatic N) is 1. The van der Waals surface area contributed by atoms with Crippen LogP contribution in [0.25, 0.3) is 0 Å². The van der Waals surface area contributed by atoms with Crippen LogP contribution in [0.1, 0.15) is 19.3 Å². The van der Waals surface area contributed by atoms with Crippen molar-refractivity contribution in [1.82, 2.24) is 4.90 Å². The predicted molar refractivity (Wildman–Crippen MR) is 86.3 cm³/mol. The first-order chi connectivity index (χ1) is 9.88. The Labute approximate surface area is 138 Å². The van der Waals surface area contributed by atoms with Crippen LogP contribution in [0.3, 0.4) is 0 Å². The molecule has 1 saturated heterocycles. The Morgan fingerprint density at radius 2 is 1.95 bits per heavy atom. The summed E-state index contributed by atoms with van der Waals surface area (Å²) in [6.45, 7) is 3.24. The second kappa shape index (κ2) is 7.28. The van der Waals surface area contributed by atoms with Crippen LogP contribution in [0.4, 0.5) is 0 Å². The number of hydrogen-bond acceptors (Lipinski definition) is 4. The van der Waals surface area contributed by atoms with E-state index >= 15 is 0 Å². The van der Waals surface area contributed by atoms with Gasteiger partial charge < -0.3 is 4.74 Å². The van der Waals surface area contributed by atoms with Gasteiger partial charge in [-0.25, -0.2) is 13.6 Å². The second-order valence-corrected chi connectivity index (χ2v) is 7.86. The molecule has 2 N–H and O–H groups in total. The van der Waals surface area contributed by atoms with E-state index in [1.807, 2.05) is 0 Å². The third kappa shape index (κ3) is 4.82. The third-order valence-electron chi connectivity index (χ3n) is 3.38. The van der Waals surface area contributed by atoms with E-state index in [9.17, 15) is 8.42 Å². The average molecular weight is 398 g/mol. The minimum atomic E-state index is -3.89. The smallest absolute Gasteiger partial charge is 0.241 e. The van der Waals surface area contributed by atoms with Crippen molar-refractivity contribution in [3.63, 3.8) is 0 Å². The summed E-state index contributed by atoms with van der Waals surface area (Å²) in [7, 11) is -3.89. The van der Waals surface area contributed by atoms with Gasteiger partial charge in [-0.2, -0.15) is 0 Å². The van der Waals surface area contributed by atoms with E-state index in [1.54, 1.807) is 6.07 Å². The molecular weight excluding hydrogens is 380 g/mol. The Bertz CT molecular complexity index is 604. The van der Waals surface area contributed by atoms with Crippen molar-refractivity contribution in [2.24, 2.45) is 5.14 Å². The fraction of sp³-hybridized carbons (Fsp3) is 0.538. The average Bonchev–Trinajstić information content (AvgIpc) is 2.41. The van der Waals surface area contributed by atoms with Gasteiger partial charge in [-0.05, 0) is 38.1 Å². The zero-order valence-electron chi connectivity index (χ0n) is 11.5. The first-order valence-corrected chi connectivity index (χ1v) is 9.46. The van der Waals surface area contributed by atoms with Crippen molar-refractivity contribution in [2.45, 2.75) is 24.2 Å². The highest BCUT2D eigenvalue weighted by atomic mass is 79.9. The van der Waals surface area contributed by atoms with Crippen LogP contribution in [0.5, 0.6) is 5.75 Å². The maximum atomic E-state index is 11.6. The van der Waals surface area contributed by atoms with Gasteiger partial charge in [-0.3, -0.25) is 4.90 Å². The number of likely N-dealkylation sites (tertiary alicyclic amines) is 1. The Morgan fingerprint density at radius 1 is 1.29 bits per heavy atom. The normalized spacial score (nSPS) is 16.9. The highest BCUT2D eigenvalue weighted by Crippen LogP contribution is 2.34. The number of benzene rings is 1. The van der Waals surface area contributed by atoms with Crippen molar-refractivity contribution in [3.8, 4) is 5.75 Å². The van der Waals surface area contributed by atoms with E-state index < -0.39 is 10.0 Å². The molecule has 0 amide bonds. The van der Waals surface area contributed by atoms with Crippen LogP contribution in [-0.2, 0) is 10.0 Å². The molecule has 1 aliphatic rings. The van der Waals surface area contributed by atoms with Crippen molar-refractivity contribution in [3.05, 3.63) is 21.6 Å². The van der Waals surface area contributed by atoms with Gasteiger partial charge in [0.25, 0.3) is 0 Å². The largest absolute Gasteiger partial charge is 0.489 e. The summed E-state index contributed by atoms with van der Waals surface area (Å²) < 4.78 is 29.4. The number of hydrogen-bond donors (Lipinski definition) is 1. The first kappa shape index (κ1) is 17.0. The molecule has 0 radical (unpaired) electrons. The van der Waals surface area contributed by atoms with Gasteiger partial charge in [0.2, 0.25) is 10.0 Å². The summed E-state index contributed by atoms with van der Waals surface area (Å²) in [5, 5.41) is 5.44. The number of ether oxygens (including phenoxy) is 1. The number of nitrogens with two attached hydrogens (primary N) is 1. The van der Waals surface area contributed by atoms with Crippen LogP contribution < -0.4 is 9.88 Å². The standard InChI is InChI=1S/C13H18BrClN2O3S/c14-10-8-11(15)13(12(9-10)21(16,18)19)20-7-6-17-4-2-1-3-5-17/h8-9H,1-7H2,(H2,16,18,19). The van der Waals surface area contributed by atoms with Crippen LogP contribution in [0, 0.1) is 0 Å². The fourth-order valence-corrected chi connectivity index (χ4v) is 4.14. The molecule has 0 saturated carbocycles. The lowest BCUT2D eigenvalue weighted by Gasteiger charge is -2.26. The van der Waals surface area contributed by atoms with Gasteiger partial charge in [-0.1, -0.05) is 34.0 Å². The SMILES string of the molecule is NS(=O)(=O)c1cc(Br)cc(Cl)c1OCCN1CCCCC1. The van der Waals surface area contributed by atoms with E-state index in [0.29, 0.717) is 11.1 Å². The quantitative estimate of drug-likeness (QED) is 0.829. The summed E-state index contributed by atoms with van der Waals surface area (Å²) in [5.41, 5.74) is 0. The molecule has 118 valence electrons. The van der Waals surface area contributed by atoms with Gasteiger partial charge in [0.05, 0.1) is 5.02 Å². The van der Waals surface area contributed by atoms with Gasteiger partial charge in [0.15, 0.2) is 5.75 Å². The molecule has 1 aliphatic heterocycles. The highest BCUT2D eigenvalue weighted by molar-refractivity contribution is 9.10. The number of primary sulfonamides is 1. The Kier molecular flexibility index (Phi) is 5.90. The van der Waals surface area contributed by atoms with Crippen molar-refractivity contribution < 1.29 is 13.2 Å². The molecule has 2 rings (SSSR count). The molecular formula is C13H18BrClN2O3S. The van der Waals surface area contributed by atoms with E-state index in [2.05, 4.69) is 20.8 Å². The van der Waals surface area contributed by atoms with Gasteiger partial charge in [0, 0.05) is 11.0 Å². The molecule has 8 heteroatoms. The van der Waals surface area contributed by atoms with Crippen LogP contribution >= 0.6 is 27.5 Å². The Balaban J connectivity index is 2.08. The molecule has 1 fully saturated rings. The zero-order valence-corrected chi connectivity index (χ0v) is 14.7. The maximum absolute atomic E-state index is 11.6. The topological polar surface area (TPSA) is 72.6 Å². The Hall–Kier alpha value is -0.340. The van der Waals surface area contributed by atoms with Gasteiger partial charge in [0.1, 0.15) is 11.5 Å². The first-order valence-electron chi connectivity index (χ1n) is 6.75. The monoisotopic (exact) mass is 396 g/mol. The number of sulfonamides is 1. The minimum absolute atomic E-state index is 0.0967. The molecule has 0 bridgehead atoms. The summed E-state index contributed by atoms with van der Waals surface area (Å²) in [4.78, 5) is 2.20. The summed E-state index contributed by atoms with van der Waals surface area (Å²) >= 11 is 9.28. The molecule has 1 aromatic carbocycles. The predicted octanol–water partition coefficient (Wildman–Crippen LogP) is 2.61. The molecule has 0 aliphatic carbocycles. The summed E-state index contributed by atoms with van der Waals surface area (Å²) in [6, 6.07) is 2.99. The van der Waals surface area contributed by atoms with Crippen molar-refractivity contribution >= 4 is 37.6 Å². The molecule has 0 unspecified atom stereocenters. The minimum Gasteiger partial charge on any atom is -0.489 e. The highest BCUT2D eigenvalue weighted by Gasteiger charge is 2.20. The molecule has 1 heterocycles. The number of piperidine rings is 1. The lowest BCUT2D eigenvalue weighted by molar-refractivity contribution is 0.181. The maximum Gasteiger partial charge on any atom is 0.241 e. The van der Waals surface area contributed by atoms with Gasteiger partial charge in [-0.15, -0.1) is 0 Å². The van der Waals surface area contributed by atoms with E-state index in [1.165, 1.54) is 25.3 Å². The summed E-state index contributed by atoms with van der Waals surface area (Å²) in [5.74, 6) is 0.124. The lowest BCUT2D eigenvalue weighted by atomic mass is 10.1. The van der Waals surface area contributed by atoms with E-state index in [-0.39, 0.29) is 15.7 Å². The van der Waals surface area contributed by atoms with Crippen molar-refractivity contribution in [1.29, 1.82) is 0 Å². The molecule has 5 nitrogen and oxygen atoms in total. The third-order valence-corrected chi connectivity index (χ3v) is 5.04. The molecule has 0 atom stereocenters. The number of halogens is 2. The lowest BCUT2D eigenvalue weighted by Crippen LogP contribution is -2.33. The number of rotatable bonds is 5. The van der Waals surface area contributed by atoms with Crippen LogP contribution in [0.2, 0.25) is 5.02 Å². The summed E-state index contributed by atoms with van der Waals surface area (Å²) in [6.07, 6.45) is 3.66. The molecule has 21 heavy (non-hydrogen) atoms. The van der Waals surface area contributed by atoms with E-state index in [4.69, 9.17) is 21.5 Å². The van der Waals surface area contributed by atoms with E-state index in [0.717, 1.165) is 19.6 Å². The molecule has 0 aromatic heterocycles. The molecule has 0 spiro atoms. The zero-order chi connectivity index (χ0) is 15.5.